The highest BCUT2D eigenvalue weighted by Gasteiger charge is 2.22. The van der Waals surface area contributed by atoms with Gasteiger partial charge in [0, 0.05) is 44.1 Å². The number of urea groups is 1. The van der Waals surface area contributed by atoms with E-state index in [0.717, 1.165) is 17.2 Å². The fraction of sp³-hybridized carbons (Fsp3) is 0.353. The number of hydrogen-bond acceptors (Lipinski definition) is 7. The summed E-state index contributed by atoms with van der Waals surface area (Å²) in [5, 5.41) is 11.1. The molecule has 0 radical (unpaired) electrons. The van der Waals surface area contributed by atoms with Gasteiger partial charge in [-0.1, -0.05) is 6.07 Å². The maximum atomic E-state index is 12.5. The van der Waals surface area contributed by atoms with Gasteiger partial charge in [-0.15, -0.1) is 10.2 Å². The van der Waals surface area contributed by atoms with Gasteiger partial charge in [-0.3, -0.25) is 4.40 Å². The van der Waals surface area contributed by atoms with Crippen molar-refractivity contribution in [2.75, 3.05) is 36.8 Å². The number of aromatic nitrogens is 5. The fourth-order valence-electron chi connectivity index (χ4n) is 3.15. The van der Waals surface area contributed by atoms with E-state index in [4.69, 9.17) is 5.73 Å². The van der Waals surface area contributed by atoms with Crippen molar-refractivity contribution in [3.63, 3.8) is 0 Å². The largest absolute Gasteiger partial charge is 0.368 e. The first-order valence-electron chi connectivity index (χ1n) is 8.78. The molecule has 1 aliphatic rings. The Labute approximate surface area is 156 Å². The number of nitrogen functional groups attached to an aromatic ring is 1. The van der Waals surface area contributed by atoms with E-state index in [0.29, 0.717) is 38.5 Å². The molecule has 27 heavy (non-hydrogen) atoms. The number of piperazine rings is 1. The van der Waals surface area contributed by atoms with E-state index in [2.05, 4.69) is 30.4 Å². The van der Waals surface area contributed by atoms with Gasteiger partial charge in [0.05, 0.1) is 6.54 Å². The fourth-order valence-corrected chi connectivity index (χ4v) is 3.15. The summed E-state index contributed by atoms with van der Waals surface area (Å²) in [6, 6.07) is 7.48. The van der Waals surface area contributed by atoms with Crippen LogP contribution < -0.4 is 16.0 Å². The Hall–Kier alpha value is -3.43. The molecule has 3 aromatic rings. The van der Waals surface area contributed by atoms with Crippen molar-refractivity contribution in [2.45, 2.75) is 13.5 Å². The zero-order valence-corrected chi connectivity index (χ0v) is 15.0. The van der Waals surface area contributed by atoms with Crippen LogP contribution in [0.4, 0.5) is 16.6 Å². The van der Waals surface area contributed by atoms with Crippen LogP contribution in [0.15, 0.2) is 30.5 Å². The molecule has 0 bridgehead atoms. The predicted molar refractivity (Wildman–Crippen MR) is 100 cm³/mol. The van der Waals surface area contributed by atoms with Crippen LogP contribution in [0.25, 0.3) is 5.65 Å². The number of nitrogens with zero attached hydrogens (tertiary/aromatic N) is 7. The molecule has 1 fully saturated rings. The highest BCUT2D eigenvalue weighted by atomic mass is 16.2. The third-order valence-electron chi connectivity index (χ3n) is 4.53. The van der Waals surface area contributed by atoms with Gasteiger partial charge in [0.2, 0.25) is 5.95 Å². The molecule has 3 aromatic heterocycles. The Kier molecular flexibility index (Phi) is 4.45. The number of aryl methyl sites for hydroxylation is 1. The monoisotopic (exact) mass is 367 g/mol. The van der Waals surface area contributed by atoms with E-state index in [1.807, 2.05) is 41.8 Å². The smallest absolute Gasteiger partial charge is 0.317 e. The van der Waals surface area contributed by atoms with Crippen LogP contribution in [-0.2, 0) is 6.54 Å². The van der Waals surface area contributed by atoms with Gasteiger partial charge in [0.1, 0.15) is 5.82 Å². The maximum absolute atomic E-state index is 12.5. The summed E-state index contributed by atoms with van der Waals surface area (Å²) < 4.78 is 1.86. The standard InChI is InChI=1S/C17H21N9O/c1-12-10-14(21-16(18)20-12)24-6-8-25(9-7-24)17(27)19-11-15-23-22-13-4-2-3-5-26(13)15/h2-5,10H,6-9,11H2,1H3,(H,19,27)(H2,18,20,21). The highest BCUT2D eigenvalue weighted by molar-refractivity contribution is 5.74. The SMILES string of the molecule is Cc1cc(N2CCN(C(=O)NCc3nnc4ccccn34)CC2)nc(N)n1. The minimum atomic E-state index is -0.110. The quantitative estimate of drug-likeness (QED) is 0.690. The molecule has 0 aliphatic carbocycles. The number of nitrogens with two attached hydrogens (primary N) is 1. The van der Waals surface area contributed by atoms with Gasteiger partial charge >= 0.3 is 6.03 Å². The zero-order chi connectivity index (χ0) is 18.8. The summed E-state index contributed by atoms with van der Waals surface area (Å²) in [6.07, 6.45) is 1.88. The van der Waals surface area contributed by atoms with Crippen LogP contribution in [0, 0.1) is 6.92 Å². The molecule has 140 valence electrons. The molecule has 10 nitrogen and oxygen atoms in total. The number of fused-ring (bicyclic) bond motifs is 1. The van der Waals surface area contributed by atoms with Crippen molar-refractivity contribution in [1.29, 1.82) is 0 Å². The molecule has 0 aromatic carbocycles. The van der Waals surface area contributed by atoms with Crippen LogP contribution in [0.5, 0.6) is 0 Å². The average Bonchev–Trinajstić information content (AvgIpc) is 3.09. The van der Waals surface area contributed by atoms with Crippen molar-refractivity contribution >= 4 is 23.4 Å². The van der Waals surface area contributed by atoms with Crippen molar-refractivity contribution in [2.24, 2.45) is 0 Å². The molecule has 2 amide bonds. The van der Waals surface area contributed by atoms with Gasteiger partial charge in [-0.25, -0.2) is 9.78 Å². The van der Waals surface area contributed by atoms with E-state index in [1.165, 1.54) is 0 Å². The Morgan fingerprint density at radius 3 is 2.78 bits per heavy atom. The molecule has 0 saturated carbocycles. The van der Waals surface area contributed by atoms with E-state index in [1.54, 1.807) is 4.90 Å². The van der Waals surface area contributed by atoms with Crippen LogP contribution in [0.3, 0.4) is 0 Å². The first-order chi connectivity index (χ1) is 13.1. The van der Waals surface area contributed by atoms with Gasteiger partial charge in [-0.2, -0.15) is 4.98 Å². The van der Waals surface area contributed by atoms with Gasteiger partial charge in [0.25, 0.3) is 0 Å². The number of amides is 2. The van der Waals surface area contributed by atoms with Crippen molar-refractivity contribution in [3.05, 3.63) is 42.0 Å². The lowest BCUT2D eigenvalue weighted by Gasteiger charge is -2.35. The second-order valence-electron chi connectivity index (χ2n) is 6.40. The van der Waals surface area contributed by atoms with Crippen molar-refractivity contribution < 1.29 is 4.79 Å². The molecule has 1 saturated heterocycles. The molecular formula is C17H21N9O. The molecule has 3 N–H and O–H groups in total. The van der Waals surface area contributed by atoms with Crippen LogP contribution >= 0.6 is 0 Å². The minimum absolute atomic E-state index is 0.110. The highest BCUT2D eigenvalue weighted by Crippen LogP contribution is 2.16. The second kappa shape index (κ2) is 7.06. The number of carbonyl (C=O) groups excluding carboxylic acids is 1. The summed E-state index contributed by atoms with van der Waals surface area (Å²) in [6.45, 7) is 4.81. The summed E-state index contributed by atoms with van der Waals surface area (Å²) in [5.74, 6) is 1.77. The lowest BCUT2D eigenvalue weighted by molar-refractivity contribution is 0.193. The van der Waals surface area contributed by atoms with E-state index < -0.39 is 0 Å². The number of nitrogens with one attached hydrogen (secondary N) is 1. The predicted octanol–water partition coefficient (Wildman–Crippen LogP) is 0.442. The molecule has 0 unspecified atom stereocenters. The molecule has 0 spiro atoms. The number of anilines is 2. The van der Waals surface area contributed by atoms with Gasteiger partial charge in [-0.05, 0) is 19.1 Å². The Morgan fingerprint density at radius 2 is 2.00 bits per heavy atom. The summed E-state index contributed by atoms with van der Waals surface area (Å²) >= 11 is 0. The molecule has 10 heteroatoms. The first kappa shape index (κ1) is 17.0. The maximum Gasteiger partial charge on any atom is 0.317 e. The van der Waals surface area contributed by atoms with Crippen molar-refractivity contribution in [1.82, 2.24) is 34.8 Å². The Morgan fingerprint density at radius 1 is 1.19 bits per heavy atom. The Balaban J connectivity index is 1.33. The third-order valence-corrected chi connectivity index (χ3v) is 4.53. The van der Waals surface area contributed by atoms with Gasteiger partial charge < -0.3 is 20.9 Å². The van der Waals surface area contributed by atoms with E-state index >= 15 is 0 Å². The van der Waals surface area contributed by atoms with Crippen LogP contribution in [0.1, 0.15) is 11.5 Å². The molecule has 0 atom stereocenters. The molecule has 1 aliphatic heterocycles. The second-order valence-corrected chi connectivity index (χ2v) is 6.40. The number of rotatable bonds is 3. The third kappa shape index (κ3) is 3.59. The van der Waals surface area contributed by atoms with E-state index in [9.17, 15) is 4.79 Å². The summed E-state index contributed by atoms with van der Waals surface area (Å²) in [5.41, 5.74) is 7.32. The van der Waals surface area contributed by atoms with Crippen LogP contribution in [0.2, 0.25) is 0 Å². The lowest BCUT2D eigenvalue weighted by Crippen LogP contribution is -2.52. The zero-order valence-electron chi connectivity index (χ0n) is 15.0. The molecule has 4 rings (SSSR count). The molecule has 4 heterocycles. The van der Waals surface area contributed by atoms with Crippen molar-refractivity contribution in [3.8, 4) is 0 Å². The lowest BCUT2D eigenvalue weighted by atomic mass is 10.3. The summed E-state index contributed by atoms with van der Waals surface area (Å²) in [7, 11) is 0. The average molecular weight is 367 g/mol. The Bertz CT molecular complexity index is 942. The molecular weight excluding hydrogens is 346 g/mol. The number of hydrogen-bond donors (Lipinski definition) is 2. The first-order valence-corrected chi connectivity index (χ1v) is 8.78. The number of carbonyl (C=O) groups is 1. The normalized spacial score (nSPS) is 14.6. The summed E-state index contributed by atoms with van der Waals surface area (Å²) in [4.78, 5) is 24.8. The number of pyridine rings is 1. The van der Waals surface area contributed by atoms with Gasteiger partial charge in [0.15, 0.2) is 11.5 Å². The topological polar surface area (TPSA) is 118 Å². The minimum Gasteiger partial charge on any atom is -0.368 e. The van der Waals surface area contributed by atoms with Crippen LogP contribution in [-0.4, -0.2) is 61.7 Å². The van der Waals surface area contributed by atoms with E-state index in [-0.39, 0.29) is 12.0 Å².